The number of fused-ring (bicyclic) bond motifs is 1. The number of benzene rings is 1. The average Bonchev–Trinajstić information content (AvgIpc) is 3.38. The van der Waals surface area contributed by atoms with E-state index in [1.807, 2.05) is 31.2 Å². The van der Waals surface area contributed by atoms with Crippen LogP contribution < -0.4 is 5.32 Å². The number of carbonyl (C=O) groups excluding carboxylic acids is 2. The third-order valence-corrected chi connectivity index (χ3v) is 4.18. The normalized spacial score (nSPS) is 11.9. The van der Waals surface area contributed by atoms with E-state index in [0.29, 0.717) is 17.0 Å². The summed E-state index contributed by atoms with van der Waals surface area (Å²) in [5.74, 6) is -0.600. The number of hydrogen-bond donors (Lipinski definition) is 2. The second-order valence-electron chi connectivity index (χ2n) is 6.45. The van der Waals surface area contributed by atoms with Crippen LogP contribution in [0.5, 0.6) is 0 Å². The zero-order valence-corrected chi connectivity index (χ0v) is 16.1. The van der Waals surface area contributed by atoms with Gasteiger partial charge in [0.05, 0.1) is 6.33 Å². The lowest BCUT2D eigenvalue weighted by Crippen LogP contribution is -2.31. The number of aromatic nitrogens is 8. The number of H-pyrrole nitrogens is 1. The quantitative estimate of drug-likeness (QED) is 0.443. The molecule has 0 bridgehead atoms. The van der Waals surface area contributed by atoms with Crippen LogP contribution in [0.2, 0.25) is 0 Å². The number of hydrogen-bond acceptors (Lipinski definition) is 9. The molecule has 0 radical (unpaired) electrons. The van der Waals surface area contributed by atoms with Gasteiger partial charge >= 0.3 is 5.97 Å². The first-order valence-electron chi connectivity index (χ1n) is 8.99. The van der Waals surface area contributed by atoms with Crippen LogP contribution >= 0.6 is 0 Å². The molecule has 1 amide bonds. The van der Waals surface area contributed by atoms with E-state index in [4.69, 9.17) is 4.74 Å². The Morgan fingerprint density at radius 3 is 2.80 bits per heavy atom. The van der Waals surface area contributed by atoms with E-state index in [-0.39, 0.29) is 12.4 Å². The fraction of sp³-hybridized carbons (Fsp3) is 0.222. The first kappa shape index (κ1) is 19.1. The smallest absolute Gasteiger partial charge is 0.330 e. The average molecular weight is 407 g/mol. The van der Waals surface area contributed by atoms with Crippen LogP contribution in [-0.4, -0.2) is 58.1 Å². The van der Waals surface area contributed by atoms with E-state index in [0.717, 1.165) is 15.9 Å². The summed E-state index contributed by atoms with van der Waals surface area (Å²) < 4.78 is 5.16. The molecule has 3 aromatic heterocycles. The SMILES string of the molecule is Cc1ccc(-c2nnn(CC(=O)OC(C)C(=O)Nc3ncnc4nc[nH]c34)n2)cc1. The molecular weight excluding hydrogens is 390 g/mol. The summed E-state index contributed by atoms with van der Waals surface area (Å²) in [6.45, 7) is 3.14. The van der Waals surface area contributed by atoms with Crippen LogP contribution in [0.25, 0.3) is 22.6 Å². The van der Waals surface area contributed by atoms with Crippen LogP contribution in [0.4, 0.5) is 5.82 Å². The number of nitrogens with zero attached hydrogens (tertiary/aromatic N) is 7. The van der Waals surface area contributed by atoms with Crippen LogP contribution in [0.3, 0.4) is 0 Å². The lowest BCUT2D eigenvalue weighted by Gasteiger charge is -2.12. The van der Waals surface area contributed by atoms with Gasteiger partial charge in [-0.1, -0.05) is 29.8 Å². The maximum Gasteiger partial charge on any atom is 0.330 e. The highest BCUT2D eigenvalue weighted by Crippen LogP contribution is 2.15. The molecule has 3 heterocycles. The van der Waals surface area contributed by atoms with Crippen molar-refractivity contribution in [2.24, 2.45) is 0 Å². The number of carbonyl (C=O) groups is 2. The summed E-state index contributed by atoms with van der Waals surface area (Å²) in [5.41, 5.74) is 2.77. The Labute approximate surface area is 169 Å². The van der Waals surface area contributed by atoms with Gasteiger partial charge in [0, 0.05) is 5.56 Å². The molecule has 0 aliphatic rings. The van der Waals surface area contributed by atoms with Crippen molar-refractivity contribution < 1.29 is 14.3 Å². The number of aromatic amines is 1. The van der Waals surface area contributed by atoms with Gasteiger partial charge in [0.25, 0.3) is 5.91 Å². The van der Waals surface area contributed by atoms with Crippen LogP contribution in [-0.2, 0) is 20.9 Å². The van der Waals surface area contributed by atoms with Gasteiger partial charge in [0.1, 0.15) is 11.8 Å². The molecule has 30 heavy (non-hydrogen) atoms. The molecule has 4 rings (SSSR count). The van der Waals surface area contributed by atoms with Gasteiger partial charge in [0.15, 0.2) is 24.1 Å². The van der Waals surface area contributed by atoms with Crippen molar-refractivity contribution in [2.45, 2.75) is 26.5 Å². The number of tetrazole rings is 1. The molecule has 152 valence electrons. The van der Waals surface area contributed by atoms with Gasteiger partial charge < -0.3 is 15.0 Å². The summed E-state index contributed by atoms with van der Waals surface area (Å²) in [7, 11) is 0. The van der Waals surface area contributed by atoms with Gasteiger partial charge in [-0.05, 0) is 19.1 Å². The fourth-order valence-corrected chi connectivity index (χ4v) is 2.61. The lowest BCUT2D eigenvalue weighted by atomic mass is 10.1. The Morgan fingerprint density at radius 1 is 1.20 bits per heavy atom. The number of esters is 1. The van der Waals surface area contributed by atoms with Crippen LogP contribution in [0, 0.1) is 6.92 Å². The van der Waals surface area contributed by atoms with E-state index < -0.39 is 18.0 Å². The standard InChI is InChI=1S/C18H17N9O3/c1-10-3-5-12(6-4-10)15-24-26-27(25-15)7-13(28)30-11(2)18(29)23-17-14-16(20-8-19-14)21-9-22-17/h3-6,8-9,11H,7H2,1-2H3,(H2,19,20,21,22,23,29). The summed E-state index contributed by atoms with van der Waals surface area (Å²) in [6, 6.07) is 7.59. The molecule has 12 nitrogen and oxygen atoms in total. The van der Waals surface area contributed by atoms with Gasteiger partial charge in [-0.25, -0.2) is 19.7 Å². The zero-order valence-electron chi connectivity index (χ0n) is 16.1. The number of rotatable bonds is 6. The van der Waals surface area contributed by atoms with Crippen molar-refractivity contribution in [1.29, 1.82) is 0 Å². The largest absolute Gasteiger partial charge is 0.451 e. The van der Waals surface area contributed by atoms with Crippen molar-refractivity contribution in [2.75, 3.05) is 5.32 Å². The predicted octanol–water partition coefficient (Wildman–Crippen LogP) is 0.885. The van der Waals surface area contributed by atoms with E-state index in [9.17, 15) is 9.59 Å². The summed E-state index contributed by atoms with van der Waals surface area (Å²) in [4.78, 5) is 40.4. The van der Waals surface area contributed by atoms with Crippen molar-refractivity contribution in [3.8, 4) is 11.4 Å². The van der Waals surface area contributed by atoms with Gasteiger partial charge in [0.2, 0.25) is 5.82 Å². The molecule has 2 N–H and O–H groups in total. The highest BCUT2D eigenvalue weighted by Gasteiger charge is 2.21. The number of nitrogens with one attached hydrogen (secondary N) is 2. The zero-order chi connectivity index (χ0) is 21.1. The molecule has 0 aliphatic heterocycles. The van der Waals surface area contributed by atoms with Crippen molar-refractivity contribution in [3.63, 3.8) is 0 Å². The maximum absolute atomic E-state index is 12.3. The third-order valence-electron chi connectivity index (χ3n) is 4.18. The second kappa shape index (κ2) is 8.03. The summed E-state index contributed by atoms with van der Waals surface area (Å²) >= 11 is 0. The number of imidazole rings is 1. The van der Waals surface area contributed by atoms with Gasteiger partial charge in [-0.15, -0.1) is 10.2 Å². The monoisotopic (exact) mass is 407 g/mol. The highest BCUT2D eigenvalue weighted by atomic mass is 16.5. The maximum atomic E-state index is 12.3. The Kier molecular flexibility index (Phi) is 5.11. The number of ether oxygens (including phenoxy) is 1. The second-order valence-corrected chi connectivity index (χ2v) is 6.45. The minimum Gasteiger partial charge on any atom is -0.451 e. The van der Waals surface area contributed by atoms with E-state index in [1.54, 1.807) is 0 Å². The first-order valence-corrected chi connectivity index (χ1v) is 8.99. The molecule has 4 aromatic rings. The van der Waals surface area contributed by atoms with Crippen LogP contribution in [0.15, 0.2) is 36.9 Å². The predicted molar refractivity (Wildman–Crippen MR) is 104 cm³/mol. The molecule has 0 saturated carbocycles. The van der Waals surface area contributed by atoms with E-state index in [2.05, 4.69) is 40.7 Å². The minimum absolute atomic E-state index is 0.242. The molecule has 1 atom stereocenters. The lowest BCUT2D eigenvalue weighted by molar-refractivity contribution is -0.154. The molecule has 0 aliphatic carbocycles. The highest BCUT2D eigenvalue weighted by molar-refractivity contribution is 5.99. The van der Waals surface area contributed by atoms with Crippen LogP contribution in [0.1, 0.15) is 12.5 Å². The molecule has 0 fully saturated rings. The minimum atomic E-state index is -1.06. The Bertz CT molecular complexity index is 1200. The third kappa shape index (κ3) is 4.11. The first-order chi connectivity index (χ1) is 14.5. The van der Waals surface area contributed by atoms with E-state index >= 15 is 0 Å². The number of amides is 1. The number of anilines is 1. The van der Waals surface area contributed by atoms with E-state index in [1.165, 1.54) is 19.6 Å². The summed E-state index contributed by atoms with van der Waals surface area (Å²) in [5, 5.41) is 14.5. The van der Waals surface area contributed by atoms with Gasteiger partial charge in [-0.2, -0.15) is 4.80 Å². The Morgan fingerprint density at radius 2 is 2.00 bits per heavy atom. The van der Waals surface area contributed by atoms with Crippen molar-refractivity contribution in [3.05, 3.63) is 42.5 Å². The van der Waals surface area contributed by atoms with Crippen molar-refractivity contribution in [1.82, 2.24) is 40.1 Å². The Hall–Kier alpha value is -4.22. The molecular formula is C18H17N9O3. The van der Waals surface area contributed by atoms with Gasteiger partial charge in [-0.3, -0.25) is 4.79 Å². The fourth-order valence-electron chi connectivity index (χ4n) is 2.61. The number of aryl methyl sites for hydroxylation is 1. The summed E-state index contributed by atoms with van der Waals surface area (Å²) in [6.07, 6.45) is 1.65. The molecule has 12 heteroatoms. The molecule has 0 spiro atoms. The Balaban J connectivity index is 1.35. The van der Waals surface area contributed by atoms with Crippen molar-refractivity contribution >= 4 is 28.9 Å². The molecule has 1 unspecified atom stereocenters. The molecule has 0 saturated heterocycles. The topological polar surface area (TPSA) is 153 Å². The molecule has 1 aromatic carbocycles.